The summed E-state index contributed by atoms with van der Waals surface area (Å²) in [6, 6.07) is 9.18. The molecule has 0 bridgehead atoms. The first-order valence-corrected chi connectivity index (χ1v) is 5.36. The molecule has 0 fully saturated rings. The van der Waals surface area contributed by atoms with Gasteiger partial charge in [0.1, 0.15) is 0 Å². The van der Waals surface area contributed by atoms with Gasteiger partial charge in [0.15, 0.2) is 0 Å². The quantitative estimate of drug-likeness (QED) is 0.729. The number of methoxy groups -OCH3 is 1. The molecule has 88 valence electrons. The highest BCUT2D eigenvalue weighted by Crippen LogP contribution is 2.22. The molecule has 1 aromatic rings. The van der Waals surface area contributed by atoms with Crippen molar-refractivity contribution in [2.45, 2.75) is 0 Å². The molecule has 17 heavy (non-hydrogen) atoms. The van der Waals surface area contributed by atoms with Crippen molar-refractivity contribution in [3.8, 4) is 0 Å². The van der Waals surface area contributed by atoms with Gasteiger partial charge in [-0.05, 0) is 5.56 Å². The van der Waals surface area contributed by atoms with Crippen LogP contribution in [0, 0.1) is 0 Å². The van der Waals surface area contributed by atoms with E-state index in [9.17, 15) is 9.59 Å². The number of amides is 2. The lowest BCUT2D eigenvalue weighted by atomic mass is 10.1. The van der Waals surface area contributed by atoms with Crippen LogP contribution in [0.2, 0.25) is 0 Å². The minimum absolute atomic E-state index is 0.252. The van der Waals surface area contributed by atoms with E-state index in [-0.39, 0.29) is 11.8 Å². The van der Waals surface area contributed by atoms with Crippen LogP contribution in [0.25, 0.3) is 5.57 Å². The van der Waals surface area contributed by atoms with Gasteiger partial charge in [-0.1, -0.05) is 30.3 Å². The van der Waals surface area contributed by atoms with E-state index in [1.807, 2.05) is 30.3 Å². The summed E-state index contributed by atoms with van der Waals surface area (Å²) in [5, 5.41) is 0. The molecular weight excluding hydrogens is 218 g/mol. The minimum atomic E-state index is -0.272. The second kappa shape index (κ2) is 4.93. The van der Waals surface area contributed by atoms with E-state index in [1.54, 1.807) is 0 Å². The second-order valence-corrected chi connectivity index (χ2v) is 3.71. The number of ether oxygens (including phenoxy) is 1. The molecule has 1 aromatic carbocycles. The van der Waals surface area contributed by atoms with E-state index in [0.717, 1.165) is 5.56 Å². The first-order chi connectivity index (χ1) is 8.24. The zero-order chi connectivity index (χ0) is 12.3. The van der Waals surface area contributed by atoms with Gasteiger partial charge in [0.25, 0.3) is 11.8 Å². The summed E-state index contributed by atoms with van der Waals surface area (Å²) in [7, 11) is 1.54. The Morgan fingerprint density at radius 2 is 1.88 bits per heavy atom. The fraction of sp³-hybridized carbons (Fsp3) is 0.231. The summed E-state index contributed by atoms with van der Waals surface area (Å²) in [6.07, 6.45) is 1.38. The zero-order valence-corrected chi connectivity index (χ0v) is 9.55. The van der Waals surface area contributed by atoms with Crippen LogP contribution < -0.4 is 0 Å². The number of carbonyl (C=O) groups excluding carboxylic acids is 2. The summed E-state index contributed by atoms with van der Waals surface area (Å²) in [6.45, 7) is 0.647. The van der Waals surface area contributed by atoms with Crippen molar-refractivity contribution in [1.29, 1.82) is 0 Å². The molecular formula is C13H13NO3. The Kier molecular flexibility index (Phi) is 3.35. The number of hydrogen-bond acceptors (Lipinski definition) is 3. The van der Waals surface area contributed by atoms with Crippen LogP contribution in [0.15, 0.2) is 36.4 Å². The lowest BCUT2D eigenvalue weighted by molar-refractivity contribution is -0.137. The molecule has 0 saturated heterocycles. The highest BCUT2D eigenvalue weighted by molar-refractivity contribution is 6.33. The largest absolute Gasteiger partial charge is 0.383 e. The van der Waals surface area contributed by atoms with Crippen LogP contribution in [0.1, 0.15) is 5.56 Å². The number of nitrogens with zero attached hydrogens (tertiary/aromatic N) is 1. The van der Waals surface area contributed by atoms with Crippen LogP contribution in [0.3, 0.4) is 0 Å². The molecule has 2 rings (SSSR count). The van der Waals surface area contributed by atoms with Crippen molar-refractivity contribution >= 4 is 17.4 Å². The maximum atomic E-state index is 12.0. The van der Waals surface area contributed by atoms with Crippen molar-refractivity contribution in [3.63, 3.8) is 0 Å². The normalized spacial score (nSPS) is 15.4. The Morgan fingerprint density at radius 3 is 2.53 bits per heavy atom. The van der Waals surface area contributed by atoms with E-state index in [4.69, 9.17) is 4.74 Å². The van der Waals surface area contributed by atoms with Gasteiger partial charge >= 0.3 is 0 Å². The standard InChI is InChI=1S/C13H13NO3/c1-17-8-7-14-12(15)9-11(13(14)16)10-5-3-2-4-6-10/h2-6,9H,7-8H2,1H3. The van der Waals surface area contributed by atoms with Crippen LogP contribution in [-0.2, 0) is 14.3 Å². The lowest BCUT2D eigenvalue weighted by Crippen LogP contribution is -2.33. The maximum absolute atomic E-state index is 12.0. The Hall–Kier alpha value is -1.94. The molecule has 0 N–H and O–H groups in total. The summed E-state index contributed by atoms with van der Waals surface area (Å²) in [5.41, 5.74) is 1.22. The van der Waals surface area contributed by atoms with E-state index < -0.39 is 0 Å². The van der Waals surface area contributed by atoms with Gasteiger partial charge in [-0.2, -0.15) is 0 Å². The Morgan fingerprint density at radius 1 is 1.18 bits per heavy atom. The molecule has 0 aliphatic carbocycles. The Bertz CT molecular complexity index is 465. The fourth-order valence-electron chi connectivity index (χ4n) is 1.73. The molecule has 4 heteroatoms. The van der Waals surface area contributed by atoms with Gasteiger partial charge in [-0.3, -0.25) is 14.5 Å². The number of rotatable bonds is 4. The lowest BCUT2D eigenvalue weighted by Gasteiger charge is -2.13. The molecule has 0 radical (unpaired) electrons. The van der Waals surface area contributed by atoms with Gasteiger partial charge in [-0.15, -0.1) is 0 Å². The van der Waals surface area contributed by atoms with Crippen molar-refractivity contribution < 1.29 is 14.3 Å². The monoisotopic (exact) mass is 231 g/mol. The van der Waals surface area contributed by atoms with Crippen molar-refractivity contribution in [2.75, 3.05) is 20.3 Å². The van der Waals surface area contributed by atoms with E-state index >= 15 is 0 Å². The first kappa shape index (κ1) is 11.5. The predicted octanol–water partition coefficient (Wildman–Crippen LogP) is 1.09. The highest BCUT2D eigenvalue weighted by atomic mass is 16.5. The van der Waals surface area contributed by atoms with E-state index in [0.29, 0.717) is 18.7 Å². The van der Waals surface area contributed by atoms with E-state index in [2.05, 4.69) is 0 Å². The first-order valence-electron chi connectivity index (χ1n) is 5.36. The average Bonchev–Trinajstić information content (AvgIpc) is 2.64. The highest BCUT2D eigenvalue weighted by Gasteiger charge is 2.30. The molecule has 0 unspecified atom stereocenters. The van der Waals surface area contributed by atoms with Gasteiger partial charge in [0.05, 0.1) is 18.7 Å². The van der Waals surface area contributed by atoms with Crippen LogP contribution >= 0.6 is 0 Å². The molecule has 4 nitrogen and oxygen atoms in total. The van der Waals surface area contributed by atoms with Gasteiger partial charge in [0, 0.05) is 13.2 Å². The summed E-state index contributed by atoms with van der Waals surface area (Å²) in [5.74, 6) is -0.524. The average molecular weight is 231 g/mol. The van der Waals surface area contributed by atoms with Crippen LogP contribution in [0.4, 0.5) is 0 Å². The molecule has 0 aromatic heterocycles. The van der Waals surface area contributed by atoms with Crippen molar-refractivity contribution in [1.82, 2.24) is 4.90 Å². The van der Waals surface area contributed by atoms with Gasteiger partial charge in [0.2, 0.25) is 0 Å². The SMILES string of the molecule is COCCN1C(=O)C=C(c2ccccc2)C1=O. The number of benzene rings is 1. The molecule has 0 atom stereocenters. The third-order valence-electron chi connectivity index (χ3n) is 2.61. The third kappa shape index (κ3) is 2.26. The zero-order valence-electron chi connectivity index (χ0n) is 9.55. The van der Waals surface area contributed by atoms with Crippen molar-refractivity contribution in [2.24, 2.45) is 0 Å². The molecule has 1 aliphatic rings. The molecule has 1 heterocycles. The molecule has 2 amide bonds. The summed E-state index contributed by atoms with van der Waals surface area (Å²) >= 11 is 0. The summed E-state index contributed by atoms with van der Waals surface area (Å²) in [4.78, 5) is 24.9. The maximum Gasteiger partial charge on any atom is 0.261 e. The number of imide groups is 1. The van der Waals surface area contributed by atoms with E-state index in [1.165, 1.54) is 18.1 Å². The molecule has 1 aliphatic heterocycles. The van der Waals surface area contributed by atoms with Crippen molar-refractivity contribution in [3.05, 3.63) is 42.0 Å². The second-order valence-electron chi connectivity index (χ2n) is 3.71. The Balaban J connectivity index is 2.20. The predicted molar refractivity (Wildman–Crippen MR) is 63.0 cm³/mol. The number of carbonyl (C=O) groups is 2. The van der Waals surface area contributed by atoms with Crippen LogP contribution in [-0.4, -0.2) is 37.0 Å². The molecule has 0 saturated carbocycles. The third-order valence-corrected chi connectivity index (χ3v) is 2.61. The molecule has 0 spiro atoms. The fourth-order valence-corrected chi connectivity index (χ4v) is 1.73. The minimum Gasteiger partial charge on any atom is -0.383 e. The summed E-state index contributed by atoms with van der Waals surface area (Å²) < 4.78 is 4.87. The van der Waals surface area contributed by atoms with Crippen LogP contribution in [0.5, 0.6) is 0 Å². The van der Waals surface area contributed by atoms with Gasteiger partial charge in [-0.25, -0.2) is 0 Å². The number of hydrogen-bond donors (Lipinski definition) is 0. The smallest absolute Gasteiger partial charge is 0.261 e. The topological polar surface area (TPSA) is 46.6 Å². The Labute approximate surface area is 99.5 Å². The van der Waals surface area contributed by atoms with Gasteiger partial charge < -0.3 is 4.74 Å².